The van der Waals surface area contributed by atoms with Crippen molar-refractivity contribution in [1.82, 2.24) is 10.9 Å². The lowest BCUT2D eigenvalue weighted by Crippen LogP contribution is -2.37. The van der Waals surface area contributed by atoms with E-state index in [1.165, 1.54) is 12.8 Å². The molecule has 0 unspecified atom stereocenters. The van der Waals surface area contributed by atoms with Gasteiger partial charge in [-0.1, -0.05) is 25.1 Å². The van der Waals surface area contributed by atoms with Crippen LogP contribution in [0.5, 0.6) is 0 Å². The second-order valence-electron chi connectivity index (χ2n) is 4.62. The third kappa shape index (κ3) is 3.35. The summed E-state index contributed by atoms with van der Waals surface area (Å²) >= 11 is 3.37. The first-order chi connectivity index (χ1) is 8.66. The molecule has 0 aromatic heterocycles. The highest BCUT2D eigenvalue weighted by molar-refractivity contribution is 9.10. The Bertz CT molecular complexity index is 471. The summed E-state index contributed by atoms with van der Waals surface area (Å²) in [6, 6.07) is 7.39. The standard InChI is InChI=1S/C14H17BrN2O/c1-10-5-4-6-11(9-10)16-17-14(18)12-7-2-3-8-13(12)15/h2-3,7-10,16H,4-6H2,1H3,(H,17,18)/t10-/m0/s1. The van der Waals surface area contributed by atoms with Crippen LogP contribution in [0, 0.1) is 5.92 Å². The van der Waals surface area contributed by atoms with Crippen molar-refractivity contribution < 1.29 is 4.79 Å². The van der Waals surface area contributed by atoms with Gasteiger partial charge >= 0.3 is 0 Å². The minimum Gasteiger partial charge on any atom is -0.303 e. The van der Waals surface area contributed by atoms with Crippen molar-refractivity contribution in [1.29, 1.82) is 0 Å². The van der Waals surface area contributed by atoms with Crippen LogP contribution in [-0.2, 0) is 0 Å². The molecular formula is C14H17BrN2O. The molecule has 1 aliphatic carbocycles. The van der Waals surface area contributed by atoms with Gasteiger partial charge in [0.1, 0.15) is 0 Å². The molecule has 0 saturated heterocycles. The Morgan fingerprint density at radius 1 is 1.39 bits per heavy atom. The zero-order chi connectivity index (χ0) is 13.0. The highest BCUT2D eigenvalue weighted by Gasteiger charge is 2.12. The Morgan fingerprint density at radius 3 is 2.89 bits per heavy atom. The van der Waals surface area contributed by atoms with E-state index in [1.807, 2.05) is 18.2 Å². The lowest BCUT2D eigenvalue weighted by Gasteiger charge is -2.19. The molecule has 2 N–H and O–H groups in total. The first-order valence-corrected chi connectivity index (χ1v) is 6.97. The molecule has 0 heterocycles. The third-order valence-electron chi connectivity index (χ3n) is 3.05. The van der Waals surface area contributed by atoms with Gasteiger partial charge in [0.05, 0.1) is 5.56 Å². The van der Waals surface area contributed by atoms with E-state index in [1.54, 1.807) is 6.07 Å². The Balaban J connectivity index is 1.95. The molecule has 0 radical (unpaired) electrons. The average molecular weight is 309 g/mol. The molecule has 1 amide bonds. The van der Waals surface area contributed by atoms with Crippen LogP contribution in [0.1, 0.15) is 36.5 Å². The normalized spacial score (nSPS) is 19.0. The summed E-state index contributed by atoms with van der Waals surface area (Å²) in [5.74, 6) is 0.461. The van der Waals surface area contributed by atoms with Crippen molar-refractivity contribution >= 4 is 21.8 Å². The quantitative estimate of drug-likeness (QED) is 0.840. The number of carbonyl (C=O) groups excluding carboxylic acids is 1. The molecule has 0 saturated carbocycles. The van der Waals surface area contributed by atoms with E-state index in [4.69, 9.17) is 0 Å². The molecule has 0 fully saturated rings. The first kappa shape index (κ1) is 13.1. The third-order valence-corrected chi connectivity index (χ3v) is 3.74. The SMILES string of the molecule is C[C@@H]1C=C(NNC(=O)c2ccccc2Br)CCC1. The lowest BCUT2D eigenvalue weighted by molar-refractivity contribution is 0.0937. The van der Waals surface area contributed by atoms with Crippen molar-refractivity contribution in [3.63, 3.8) is 0 Å². The number of hydrazine groups is 1. The van der Waals surface area contributed by atoms with Crippen LogP contribution >= 0.6 is 15.9 Å². The van der Waals surface area contributed by atoms with Gasteiger partial charge < -0.3 is 5.43 Å². The Labute approximate surface area is 116 Å². The molecule has 96 valence electrons. The molecule has 0 aliphatic heterocycles. The number of amides is 1. The fourth-order valence-electron chi connectivity index (χ4n) is 2.08. The highest BCUT2D eigenvalue weighted by atomic mass is 79.9. The number of halogens is 1. The molecule has 18 heavy (non-hydrogen) atoms. The molecule has 0 spiro atoms. The predicted molar refractivity (Wildman–Crippen MR) is 75.8 cm³/mol. The largest absolute Gasteiger partial charge is 0.303 e. The van der Waals surface area contributed by atoms with E-state index in [0.29, 0.717) is 11.5 Å². The number of rotatable bonds is 3. The summed E-state index contributed by atoms with van der Waals surface area (Å²) < 4.78 is 0.801. The van der Waals surface area contributed by atoms with Gasteiger partial charge in [0.25, 0.3) is 5.91 Å². The van der Waals surface area contributed by atoms with E-state index < -0.39 is 0 Å². The van der Waals surface area contributed by atoms with Crippen LogP contribution in [0.3, 0.4) is 0 Å². The Morgan fingerprint density at radius 2 is 2.17 bits per heavy atom. The summed E-state index contributed by atoms with van der Waals surface area (Å²) in [6.45, 7) is 2.19. The summed E-state index contributed by atoms with van der Waals surface area (Å²) in [7, 11) is 0. The average Bonchev–Trinajstić information content (AvgIpc) is 2.37. The summed E-state index contributed by atoms with van der Waals surface area (Å²) in [5.41, 5.74) is 7.50. The maximum Gasteiger partial charge on any atom is 0.270 e. The monoisotopic (exact) mass is 308 g/mol. The van der Waals surface area contributed by atoms with Crippen LogP contribution in [0.4, 0.5) is 0 Å². The smallest absolute Gasteiger partial charge is 0.270 e. The molecule has 4 heteroatoms. The van der Waals surface area contributed by atoms with Crippen LogP contribution in [-0.4, -0.2) is 5.91 Å². The van der Waals surface area contributed by atoms with Crippen LogP contribution in [0.25, 0.3) is 0 Å². The molecule has 1 aromatic carbocycles. The van der Waals surface area contributed by atoms with Crippen LogP contribution in [0.15, 0.2) is 40.5 Å². The number of allylic oxidation sites excluding steroid dienone is 2. The van der Waals surface area contributed by atoms with Crippen molar-refractivity contribution in [2.75, 3.05) is 0 Å². The zero-order valence-corrected chi connectivity index (χ0v) is 12.0. The maximum atomic E-state index is 12.0. The summed E-state index contributed by atoms with van der Waals surface area (Å²) in [5, 5.41) is 0. The van der Waals surface area contributed by atoms with Gasteiger partial charge in [0.2, 0.25) is 0 Å². The second-order valence-corrected chi connectivity index (χ2v) is 5.47. The van der Waals surface area contributed by atoms with E-state index in [9.17, 15) is 4.79 Å². The van der Waals surface area contributed by atoms with Gasteiger partial charge in [0.15, 0.2) is 0 Å². The predicted octanol–water partition coefficient (Wildman–Crippen LogP) is 3.39. The molecule has 1 aromatic rings. The lowest BCUT2D eigenvalue weighted by atomic mass is 9.96. The van der Waals surface area contributed by atoms with Crippen LogP contribution in [0.2, 0.25) is 0 Å². The molecular weight excluding hydrogens is 292 g/mol. The minimum absolute atomic E-state index is 0.124. The highest BCUT2D eigenvalue weighted by Crippen LogP contribution is 2.20. The van der Waals surface area contributed by atoms with Gasteiger partial charge in [-0.05, 0) is 53.2 Å². The Hall–Kier alpha value is -1.29. The van der Waals surface area contributed by atoms with Gasteiger partial charge in [-0.3, -0.25) is 10.2 Å². The van der Waals surface area contributed by atoms with Crippen molar-refractivity contribution in [3.05, 3.63) is 46.1 Å². The number of carbonyl (C=O) groups is 1. The fourth-order valence-corrected chi connectivity index (χ4v) is 2.54. The molecule has 3 nitrogen and oxygen atoms in total. The number of hydrogen-bond acceptors (Lipinski definition) is 2. The van der Waals surface area contributed by atoms with Crippen molar-refractivity contribution in [3.8, 4) is 0 Å². The van der Waals surface area contributed by atoms with E-state index in [-0.39, 0.29) is 5.91 Å². The first-order valence-electron chi connectivity index (χ1n) is 6.18. The van der Waals surface area contributed by atoms with Gasteiger partial charge in [-0.15, -0.1) is 0 Å². The summed E-state index contributed by atoms with van der Waals surface area (Å²) in [4.78, 5) is 12.0. The molecule has 0 bridgehead atoms. The van der Waals surface area contributed by atoms with Gasteiger partial charge in [0, 0.05) is 10.2 Å². The maximum absolute atomic E-state index is 12.0. The molecule has 2 rings (SSSR count). The van der Waals surface area contributed by atoms with E-state index in [2.05, 4.69) is 39.8 Å². The van der Waals surface area contributed by atoms with Gasteiger partial charge in [-0.25, -0.2) is 0 Å². The number of benzene rings is 1. The second kappa shape index (κ2) is 6.05. The topological polar surface area (TPSA) is 41.1 Å². The van der Waals surface area contributed by atoms with E-state index in [0.717, 1.165) is 16.6 Å². The molecule has 1 atom stereocenters. The van der Waals surface area contributed by atoms with Crippen molar-refractivity contribution in [2.45, 2.75) is 26.2 Å². The fraction of sp³-hybridized carbons (Fsp3) is 0.357. The summed E-state index contributed by atoms with van der Waals surface area (Å²) in [6.07, 6.45) is 5.58. The Kier molecular flexibility index (Phi) is 4.42. The van der Waals surface area contributed by atoms with Crippen LogP contribution < -0.4 is 10.9 Å². The molecule has 1 aliphatic rings. The minimum atomic E-state index is -0.124. The number of hydrogen-bond donors (Lipinski definition) is 2. The number of nitrogens with one attached hydrogen (secondary N) is 2. The van der Waals surface area contributed by atoms with Crippen molar-refractivity contribution in [2.24, 2.45) is 5.92 Å². The van der Waals surface area contributed by atoms with E-state index >= 15 is 0 Å². The zero-order valence-electron chi connectivity index (χ0n) is 10.4. The van der Waals surface area contributed by atoms with Gasteiger partial charge in [-0.2, -0.15) is 0 Å².